The van der Waals surface area contributed by atoms with Crippen LogP contribution in [0, 0.1) is 0 Å². The van der Waals surface area contributed by atoms with E-state index in [2.05, 4.69) is 23.6 Å². The zero-order chi connectivity index (χ0) is 10.8. The first-order valence-corrected chi connectivity index (χ1v) is 6.38. The molecule has 3 nitrogen and oxygen atoms in total. The van der Waals surface area contributed by atoms with Gasteiger partial charge >= 0.3 is 0 Å². The summed E-state index contributed by atoms with van der Waals surface area (Å²) in [6.07, 6.45) is 3.34. The van der Waals surface area contributed by atoms with Gasteiger partial charge in [-0.25, -0.2) is 0 Å². The largest absolute Gasteiger partial charge is 0.391 e. The van der Waals surface area contributed by atoms with Crippen LogP contribution in [0.4, 0.5) is 0 Å². The summed E-state index contributed by atoms with van der Waals surface area (Å²) in [5.74, 6) is 0. The summed E-state index contributed by atoms with van der Waals surface area (Å²) in [7, 11) is 0. The maximum Gasteiger partial charge on any atom is 0.0695 e. The van der Waals surface area contributed by atoms with Crippen molar-refractivity contribution in [3.8, 4) is 0 Å². The van der Waals surface area contributed by atoms with Gasteiger partial charge in [-0.1, -0.05) is 6.92 Å². The summed E-state index contributed by atoms with van der Waals surface area (Å²) in [5, 5.41) is 9.90. The van der Waals surface area contributed by atoms with E-state index in [4.69, 9.17) is 0 Å². The number of hydrogen-bond donors (Lipinski definition) is 1. The van der Waals surface area contributed by atoms with Gasteiger partial charge in [0.2, 0.25) is 0 Å². The van der Waals surface area contributed by atoms with Crippen LogP contribution in [-0.4, -0.2) is 59.3 Å². The Bertz CT molecular complexity index is 210. The van der Waals surface area contributed by atoms with Gasteiger partial charge in [0.15, 0.2) is 0 Å². The van der Waals surface area contributed by atoms with Crippen molar-refractivity contribution < 1.29 is 5.11 Å². The maximum absolute atomic E-state index is 9.90. The van der Waals surface area contributed by atoms with E-state index in [9.17, 15) is 5.11 Å². The fourth-order valence-electron chi connectivity index (χ4n) is 3.14. The van der Waals surface area contributed by atoms with E-state index in [-0.39, 0.29) is 6.10 Å². The van der Waals surface area contributed by atoms with E-state index in [1.54, 1.807) is 0 Å². The van der Waals surface area contributed by atoms with Crippen LogP contribution < -0.4 is 0 Å². The minimum absolute atomic E-state index is 0.0645. The first kappa shape index (κ1) is 11.4. The van der Waals surface area contributed by atoms with Crippen molar-refractivity contribution in [3.63, 3.8) is 0 Å². The molecule has 1 N–H and O–H groups in total. The Kier molecular flexibility index (Phi) is 3.65. The molecule has 0 bridgehead atoms. The number of aliphatic hydroxyl groups is 1. The molecule has 0 aromatic heterocycles. The molecule has 15 heavy (non-hydrogen) atoms. The number of likely N-dealkylation sites (N-methyl/N-ethyl adjacent to an activating group) is 1. The Morgan fingerprint density at radius 1 is 1.27 bits per heavy atom. The molecule has 0 aromatic carbocycles. The van der Waals surface area contributed by atoms with Gasteiger partial charge in [0.25, 0.3) is 0 Å². The lowest BCUT2D eigenvalue weighted by Crippen LogP contribution is -2.56. The smallest absolute Gasteiger partial charge is 0.0695 e. The fraction of sp³-hybridized carbons (Fsp3) is 1.00. The summed E-state index contributed by atoms with van der Waals surface area (Å²) < 4.78 is 0. The van der Waals surface area contributed by atoms with Gasteiger partial charge in [-0.2, -0.15) is 0 Å². The van der Waals surface area contributed by atoms with Crippen LogP contribution in [0.25, 0.3) is 0 Å². The van der Waals surface area contributed by atoms with Crippen molar-refractivity contribution in [1.29, 1.82) is 0 Å². The summed E-state index contributed by atoms with van der Waals surface area (Å²) in [4.78, 5) is 5.03. The summed E-state index contributed by atoms with van der Waals surface area (Å²) in [5.41, 5.74) is 0. The van der Waals surface area contributed by atoms with Crippen LogP contribution in [0.1, 0.15) is 33.1 Å². The average molecular weight is 212 g/mol. The van der Waals surface area contributed by atoms with Gasteiger partial charge in [-0.15, -0.1) is 0 Å². The molecule has 1 saturated heterocycles. The third-order valence-corrected chi connectivity index (χ3v) is 4.12. The fourth-order valence-corrected chi connectivity index (χ4v) is 3.14. The Labute approximate surface area is 93.1 Å². The molecule has 1 aliphatic heterocycles. The summed E-state index contributed by atoms with van der Waals surface area (Å²) in [6, 6.07) is 1.10. The number of aliphatic hydroxyl groups excluding tert-OH is 1. The molecule has 1 aliphatic carbocycles. The van der Waals surface area contributed by atoms with E-state index in [1.807, 2.05) is 0 Å². The quantitative estimate of drug-likeness (QED) is 0.737. The molecule has 2 aliphatic rings. The first-order chi connectivity index (χ1) is 7.22. The molecule has 0 spiro atoms. The van der Waals surface area contributed by atoms with Crippen LogP contribution in [0.2, 0.25) is 0 Å². The highest BCUT2D eigenvalue weighted by atomic mass is 16.3. The second-order valence-corrected chi connectivity index (χ2v) is 5.04. The highest BCUT2D eigenvalue weighted by Crippen LogP contribution is 2.26. The molecule has 0 amide bonds. The van der Waals surface area contributed by atoms with Crippen molar-refractivity contribution in [1.82, 2.24) is 9.80 Å². The average Bonchev–Trinajstić information content (AvgIpc) is 2.64. The van der Waals surface area contributed by atoms with E-state index in [1.165, 1.54) is 19.4 Å². The van der Waals surface area contributed by atoms with Crippen molar-refractivity contribution in [2.24, 2.45) is 0 Å². The number of rotatable bonds is 2. The summed E-state index contributed by atoms with van der Waals surface area (Å²) >= 11 is 0. The Morgan fingerprint density at radius 2 is 2.07 bits per heavy atom. The van der Waals surface area contributed by atoms with Gasteiger partial charge in [0, 0.05) is 31.7 Å². The lowest BCUT2D eigenvalue weighted by Gasteiger charge is -2.42. The van der Waals surface area contributed by atoms with Crippen LogP contribution >= 0.6 is 0 Å². The summed E-state index contributed by atoms with van der Waals surface area (Å²) in [6.45, 7) is 9.13. The van der Waals surface area contributed by atoms with E-state index < -0.39 is 0 Å². The van der Waals surface area contributed by atoms with Crippen molar-refractivity contribution in [2.75, 3.05) is 26.2 Å². The van der Waals surface area contributed by atoms with Crippen LogP contribution in [0.5, 0.6) is 0 Å². The molecule has 2 fully saturated rings. The van der Waals surface area contributed by atoms with Crippen LogP contribution in [-0.2, 0) is 0 Å². The Hall–Kier alpha value is -0.120. The number of hydrogen-bond acceptors (Lipinski definition) is 3. The second kappa shape index (κ2) is 4.81. The Balaban J connectivity index is 1.90. The van der Waals surface area contributed by atoms with Gasteiger partial charge < -0.3 is 5.11 Å². The highest BCUT2D eigenvalue weighted by molar-refractivity contribution is 4.89. The Morgan fingerprint density at radius 3 is 2.60 bits per heavy atom. The predicted molar refractivity (Wildman–Crippen MR) is 61.9 cm³/mol. The van der Waals surface area contributed by atoms with Crippen LogP contribution in [0.3, 0.4) is 0 Å². The molecule has 2 rings (SSSR count). The van der Waals surface area contributed by atoms with Gasteiger partial charge in [0.05, 0.1) is 6.10 Å². The minimum atomic E-state index is -0.0645. The van der Waals surface area contributed by atoms with Gasteiger partial charge in [-0.05, 0) is 32.7 Å². The molecule has 0 aromatic rings. The predicted octanol–water partition coefficient (Wildman–Crippen LogP) is 0.926. The normalized spacial score (nSPS) is 39.8. The molecular formula is C12H24N2O. The number of piperazine rings is 1. The standard InChI is InChI=1S/C12H24N2O/c1-3-13-7-8-14(9-10(13)2)11-5-4-6-12(11)15/h10-12,15H,3-9H2,1-2H3/t10?,11-,12-/m0/s1. The SMILES string of the molecule is CCN1CCN([C@H]2CCC[C@@H]2O)CC1C. The molecule has 1 saturated carbocycles. The van der Waals surface area contributed by atoms with Crippen LogP contribution in [0.15, 0.2) is 0 Å². The zero-order valence-corrected chi connectivity index (χ0v) is 10.0. The minimum Gasteiger partial charge on any atom is -0.391 e. The lowest BCUT2D eigenvalue weighted by atomic mass is 10.1. The zero-order valence-electron chi connectivity index (χ0n) is 10.0. The third kappa shape index (κ3) is 2.35. The lowest BCUT2D eigenvalue weighted by molar-refractivity contribution is 0.0151. The molecule has 1 unspecified atom stereocenters. The molecule has 0 radical (unpaired) electrons. The highest BCUT2D eigenvalue weighted by Gasteiger charge is 2.34. The maximum atomic E-state index is 9.90. The van der Waals surface area contributed by atoms with E-state index in [0.717, 1.165) is 26.1 Å². The van der Waals surface area contributed by atoms with Crippen molar-refractivity contribution >= 4 is 0 Å². The number of nitrogens with zero attached hydrogens (tertiary/aromatic N) is 2. The van der Waals surface area contributed by atoms with E-state index >= 15 is 0 Å². The third-order valence-electron chi connectivity index (χ3n) is 4.12. The van der Waals surface area contributed by atoms with Gasteiger partial charge in [-0.3, -0.25) is 9.80 Å². The molecule has 3 atom stereocenters. The monoisotopic (exact) mass is 212 g/mol. The molecule has 3 heteroatoms. The molecular weight excluding hydrogens is 188 g/mol. The van der Waals surface area contributed by atoms with Gasteiger partial charge in [0.1, 0.15) is 0 Å². The van der Waals surface area contributed by atoms with Crippen molar-refractivity contribution in [3.05, 3.63) is 0 Å². The van der Waals surface area contributed by atoms with E-state index in [0.29, 0.717) is 12.1 Å². The second-order valence-electron chi connectivity index (χ2n) is 5.04. The topological polar surface area (TPSA) is 26.7 Å². The first-order valence-electron chi connectivity index (χ1n) is 6.38. The molecule has 1 heterocycles. The molecule has 88 valence electrons. The van der Waals surface area contributed by atoms with Crippen molar-refractivity contribution in [2.45, 2.75) is 51.3 Å².